The van der Waals surface area contributed by atoms with Gasteiger partial charge in [-0.2, -0.15) is 5.10 Å². The predicted molar refractivity (Wildman–Crippen MR) is 126 cm³/mol. The Bertz CT molecular complexity index is 1280. The van der Waals surface area contributed by atoms with Gasteiger partial charge in [-0.15, -0.1) is 0 Å². The molecule has 2 amide bonds. The highest BCUT2D eigenvalue weighted by molar-refractivity contribution is 6.36. The number of hydrazone groups is 1. The van der Waals surface area contributed by atoms with Crippen LogP contribution < -0.4 is 16.4 Å². The van der Waals surface area contributed by atoms with E-state index in [1.54, 1.807) is 36.9 Å². The lowest BCUT2D eigenvalue weighted by atomic mass is 10.0. The van der Waals surface area contributed by atoms with Crippen LogP contribution in [0.25, 0.3) is 11.0 Å². The Morgan fingerprint density at radius 1 is 1.03 bits per heavy atom. The zero-order valence-electron chi connectivity index (χ0n) is 18.0. The van der Waals surface area contributed by atoms with Gasteiger partial charge < -0.3 is 5.32 Å². The maximum absolute atomic E-state index is 12.7. The highest BCUT2D eigenvalue weighted by atomic mass is 35.5. The molecule has 3 rings (SSSR count). The van der Waals surface area contributed by atoms with Gasteiger partial charge in [0.2, 0.25) is 0 Å². The fourth-order valence-corrected chi connectivity index (χ4v) is 3.77. The summed E-state index contributed by atoms with van der Waals surface area (Å²) >= 11 is 12.0. The first-order valence-electron chi connectivity index (χ1n) is 9.84. The molecule has 0 spiro atoms. The highest BCUT2D eigenvalue weighted by Gasteiger charge is 2.25. The summed E-state index contributed by atoms with van der Waals surface area (Å²) in [6, 6.07) is 9.10. The van der Waals surface area contributed by atoms with Gasteiger partial charge in [0, 0.05) is 19.1 Å². The number of hydrogen-bond acceptors (Lipinski definition) is 4. The maximum Gasteiger partial charge on any atom is 0.328 e. The molecule has 1 unspecified atom stereocenters. The maximum atomic E-state index is 12.7. The van der Waals surface area contributed by atoms with E-state index < -0.39 is 17.9 Å². The molecule has 0 bridgehead atoms. The molecule has 0 fully saturated rings. The number of nitrogens with zero attached hydrogens (tertiary/aromatic N) is 3. The van der Waals surface area contributed by atoms with Crippen LogP contribution in [0, 0.1) is 5.92 Å². The number of fused-ring (bicyclic) bond motifs is 1. The lowest BCUT2D eigenvalue weighted by Gasteiger charge is -2.20. The van der Waals surface area contributed by atoms with Crippen LogP contribution in [0.2, 0.25) is 10.0 Å². The quantitative estimate of drug-likeness (QED) is 0.423. The van der Waals surface area contributed by atoms with Gasteiger partial charge in [0.25, 0.3) is 11.8 Å². The zero-order valence-corrected chi connectivity index (χ0v) is 19.5. The number of halogens is 2. The van der Waals surface area contributed by atoms with Crippen molar-refractivity contribution in [1.29, 1.82) is 0 Å². The number of nitrogens with one attached hydrogen (secondary N) is 2. The van der Waals surface area contributed by atoms with E-state index in [1.807, 2.05) is 19.9 Å². The van der Waals surface area contributed by atoms with Gasteiger partial charge in [-0.3, -0.25) is 18.7 Å². The topological polar surface area (TPSA) is 97.5 Å². The van der Waals surface area contributed by atoms with E-state index in [-0.39, 0.29) is 22.2 Å². The minimum atomic E-state index is -0.830. The molecule has 1 heterocycles. The fraction of sp³-hybridized carbons (Fsp3) is 0.273. The zero-order chi connectivity index (χ0) is 23.6. The average Bonchev–Trinajstić information content (AvgIpc) is 2.95. The molecule has 0 saturated heterocycles. The Hall–Kier alpha value is -3.10. The van der Waals surface area contributed by atoms with E-state index in [2.05, 4.69) is 15.8 Å². The average molecular weight is 476 g/mol. The third-order valence-corrected chi connectivity index (χ3v) is 5.64. The molecule has 32 heavy (non-hydrogen) atoms. The van der Waals surface area contributed by atoms with Crippen LogP contribution in [0.5, 0.6) is 0 Å². The standard InChI is InChI=1S/C22H23Cl2N5O3/c1-12(2)19(26-20(30)15-7-6-14(23)10-16(15)24)21(31)27-25-11-13-5-8-17-18(9-13)29(4)22(32)28(17)3/h5-12,19H,1-4H3,(H,26,30)(H,27,31)/b25-11-. The Kier molecular flexibility index (Phi) is 7.06. The first-order valence-corrected chi connectivity index (χ1v) is 10.6. The first-order chi connectivity index (χ1) is 15.1. The van der Waals surface area contributed by atoms with Gasteiger partial charge in [0.05, 0.1) is 27.8 Å². The minimum Gasteiger partial charge on any atom is -0.340 e. The van der Waals surface area contributed by atoms with E-state index in [0.717, 1.165) is 11.0 Å². The van der Waals surface area contributed by atoms with Crippen molar-refractivity contribution in [2.24, 2.45) is 25.1 Å². The number of amides is 2. The van der Waals surface area contributed by atoms with Crippen molar-refractivity contribution < 1.29 is 9.59 Å². The third kappa shape index (κ3) is 4.87. The number of carbonyl (C=O) groups is 2. The number of benzene rings is 2. The molecule has 0 aliphatic heterocycles. The van der Waals surface area contributed by atoms with Gasteiger partial charge in [-0.25, -0.2) is 10.2 Å². The van der Waals surface area contributed by atoms with E-state index >= 15 is 0 Å². The minimum absolute atomic E-state index is 0.126. The van der Waals surface area contributed by atoms with E-state index in [4.69, 9.17) is 23.2 Å². The molecule has 2 aromatic carbocycles. The monoisotopic (exact) mass is 475 g/mol. The second-order valence-corrected chi connectivity index (χ2v) is 8.55. The number of hydrogen-bond donors (Lipinski definition) is 2. The normalized spacial score (nSPS) is 12.5. The summed E-state index contributed by atoms with van der Waals surface area (Å²) in [7, 11) is 3.40. The van der Waals surface area contributed by atoms with Crippen molar-refractivity contribution >= 4 is 52.3 Å². The van der Waals surface area contributed by atoms with E-state index in [0.29, 0.717) is 10.6 Å². The number of aryl methyl sites for hydroxylation is 2. The molecular weight excluding hydrogens is 453 g/mol. The Labute approximate surface area is 194 Å². The van der Waals surface area contributed by atoms with E-state index in [1.165, 1.54) is 22.9 Å². The second kappa shape index (κ2) is 9.58. The molecule has 0 aliphatic carbocycles. The summed E-state index contributed by atoms with van der Waals surface area (Å²) in [6.45, 7) is 3.61. The van der Waals surface area contributed by atoms with Crippen LogP contribution in [0.3, 0.4) is 0 Å². The van der Waals surface area contributed by atoms with Crippen LogP contribution in [0.4, 0.5) is 0 Å². The summed E-state index contributed by atoms with van der Waals surface area (Å²) in [6.07, 6.45) is 1.48. The molecule has 0 saturated carbocycles. The molecule has 2 N–H and O–H groups in total. The SMILES string of the molecule is CC(C)C(NC(=O)c1ccc(Cl)cc1Cl)C(=O)N/N=C\c1ccc2c(c1)n(C)c(=O)n2C. The predicted octanol–water partition coefficient (Wildman–Crippen LogP) is 3.09. The Balaban J connectivity index is 1.71. The van der Waals surface area contributed by atoms with E-state index in [9.17, 15) is 14.4 Å². The van der Waals surface area contributed by atoms with Crippen LogP contribution in [0.1, 0.15) is 29.8 Å². The molecule has 168 valence electrons. The molecule has 8 nitrogen and oxygen atoms in total. The van der Waals surface area contributed by atoms with Crippen LogP contribution in [-0.2, 0) is 18.9 Å². The number of aromatic nitrogens is 2. The molecule has 10 heteroatoms. The van der Waals surface area contributed by atoms with Crippen molar-refractivity contribution in [3.63, 3.8) is 0 Å². The van der Waals surface area contributed by atoms with Crippen molar-refractivity contribution in [3.8, 4) is 0 Å². The number of rotatable bonds is 6. The third-order valence-electron chi connectivity index (χ3n) is 5.10. The molecular formula is C22H23Cl2N5O3. The number of imidazole rings is 1. The molecule has 3 aromatic rings. The van der Waals surface area contributed by atoms with Crippen molar-refractivity contribution in [2.75, 3.05) is 0 Å². The van der Waals surface area contributed by atoms with Crippen molar-refractivity contribution in [1.82, 2.24) is 19.9 Å². The van der Waals surface area contributed by atoms with Gasteiger partial charge in [0.1, 0.15) is 6.04 Å². The molecule has 0 aliphatic rings. The van der Waals surface area contributed by atoms with Gasteiger partial charge in [-0.05, 0) is 41.8 Å². The molecule has 1 aromatic heterocycles. The lowest BCUT2D eigenvalue weighted by molar-refractivity contribution is -0.123. The lowest BCUT2D eigenvalue weighted by Crippen LogP contribution is -2.48. The summed E-state index contributed by atoms with van der Waals surface area (Å²) in [4.78, 5) is 37.3. The molecule has 1 atom stereocenters. The summed E-state index contributed by atoms with van der Waals surface area (Å²) in [5.41, 5.74) is 4.81. The van der Waals surface area contributed by atoms with Gasteiger partial charge >= 0.3 is 5.69 Å². The molecule has 0 radical (unpaired) electrons. The Morgan fingerprint density at radius 2 is 1.72 bits per heavy atom. The van der Waals surface area contributed by atoms with Crippen molar-refractivity contribution in [3.05, 3.63) is 68.1 Å². The van der Waals surface area contributed by atoms with Gasteiger partial charge in [-0.1, -0.05) is 43.1 Å². The first kappa shape index (κ1) is 23.6. The largest absolute Gasteiger partial charge is 0.340 e. The number of carbonyl (C=O) groups excluding carboxylic acids is 2. The van der Waals surface area contributed by atoms with Crippen molar-refractivity contribution in [2.45, 2.75) is 19.9 Å². The summed E-state index contributed by atoms with van der Waals surface area (Å²) in [5, 5.41) is 7.30. The second-order valence-electron chi connectivity index (χ2n) is 7.70. The summed E-state index contributed by atoms with van der Waals surface area (Å²) < 4.78 is 3.10. The summed E-state index contributed by atoms with van der Waals surface area (Å²) in [5.74, 6) is -1.15. The van der Waals surface area contributed by atoms with Crippen LogP contribution in [0.15, 0.2) is 46.3 Å². The highest BCUT2D eigenvalue weighted by Crippen LogP contribution is 2.21. The fourth-order valence-electron chi connectivity index (χ4n) is 3.27. The van der Waals surface area contributed by atoms with Crippen LogP contribution >= 0.6 is 23.2 Å². The Morgan fingerprint density at radius 3 is 2.38 bits per heavy atom. The smallest absolute Gasteiger partial charge is 0.328 e. The van der Waals surface area contributed by atoms with Crippen LogP contribution in [-0.4, -0.2) is 33.2 Å². The van der Waals surface area contributed by atoms with Gasteiger partial charge in [0.15, 0.2) is 0 Å².